The Morgan fingerprint density at radius 1 is 1.06 bits per heavy atom. The summed E-state index contributed by atoms with van der Waals surface area (Å²) in [7, 11) is 0. The normalized spacial score (nSPS) is 9.67. The summed E-state index contributed by atoms with van der Waals surface area (Å²) in [5.74, 6) is 1.03. The lowest BCUT2D eigenvalue weighted by Gasteiger charge is -2.11. The Labute approximate surface area is 209 Å². The number of nitrogen functional groups attached to an aromatic ring is 1. The number of rotatable bonds is 3. The van der Waals surface area contributed by atoms with Crippen molar-refractivity contribution in [1.29, 1.82) is 0 Å². The number of nitrogens with zero attached hydrogens (tertiary/aromatic N) is 6. The zero-order valence-electron chi connectivity index (χ0n) is 21.6. The number of hydrogen-bond acceptors (Lipinski definition) is 6. The van der Waals surface area contributed by atoms with Gasteiger partial charge >= 0.3 is 0 Å². The summed E-state index contributed by atoms with van der Waals surface area (Å²) in [6.07, 6.45) is 1.57. The van der Waals surface area contributed by atoms with Gasteiger partial charge in [-0.1, -0.05) is 45.2 Å². The summed E-state index contributed by atoms with van der Waals surface area (Å²) in [6.45, 7) is 16.5. The molecule has 3 heterocycles. The van der Waals surface area contributed by atoms with Crippen molar-refractivity contribution in [2.75, 3.05) is 12.4 Å². The van der Waals surface area contributed by atoms with Crippen LogP contribution in [0.2, 0.25) is 0 Å². The second-order valence-corrected chi connectivity index (χ2v) is 7.43. The lowest BCUT2D eigenvalue weighted by Crippen LogP contribution is -2.22. The van der Waals surface area contributed by atoms with E-state index in [0.29, 0.717) is 28.4 Å². The van der Waals surface area contributed by atoms with Gasteiger partial charge in [-0.3, -0.25) is 9.36 Å². The molecule has 4 aromatic rings. The van der Waals surface area contributed by atoms with E-state index in [4.69, 9.17) is 5.73 Å². The van der Waals surface area contributed by atoms with Gasteiger partial charge in [0.15, 0.2) is 11.5 Å². The largest absolute Gasteiger partial charge is 0.368 e. The summed E-state index contributed by atoms with van der Waals surface area (Å²) < 4.78 is 24.9. The van der Waals surface area contributed by atoms with E-state index in [0.717, 1.165) is 11.3 Å². The highest BCUT2D eigenvalue weighted by atomic mass is 19.1. The number of alkyl halides is 1. The second-order valence-electron chi connectivity index (χ2n) is 7.43. The van der Waals surface area contributed by atoms with Crippen molar-refractivity contribution in [3.63, 3.8) is 0 Å². The molecule has 1 aromatic carbocycles. The molecular weight excluding hydrogens is 464 g/mol. The van der Waals surface area contributed by atoms with E-state index >= 15 is 0 Å². The summed E-state index contributed by atoms with van der Waals surface area (Å²) in [5.41, 5.74) is 8.92. The maximum atomic E-state index is 12.3. The fraction of sp³-hybridized carbons (Fsp3) is 0.269. The SMILES string of the molecule is C=C(C)CF.C=C(C)F.CC.Cc1ccccc1-n1nc(-n2c(C)nc3cnc(N)nc32)ccc1=O. The molecule has 0 unspecified atom stereocenters. The van der Waals surface area contributed by atoms with E-state index in [9.17, 15) is 13.6 Å². The van der Waals surface area contributed by atoms with E-state index in [-0.39, 0.29) is 24.0 Å². The Kier molecular flexibility index (Phi) is 11.8. The van der Waals surface area contributed by atoms with Gasteiger partial charge in [0.2, 0.25) is 5.95 Å². The van der Waals surface area contributed by atoms with E-state index in [2.05, 4.69) is 33.2 Å². The lowest BCUT2D eigenvalue weighted by atomic mass is 10.2. The van der Waals surface area contributed by atoms with Gasteiger partial charge in [0.1, 0.15) is 18.0 Å². The number of para-hydroxylation sites is 1. The average molecular weight is 498 g/mol. The topological polar surface area (TPSA) is 105 Å². The number of anilines is 1. The van der Waals surface area contributed by atoms with Crippen LogP contribution in [0.5, 0.6) is 0 Å². The first kappa shape index (κ1) is 29.8. The molecule has 8 nitrogen and oxygen atoms in total. The molecule has 10 heteroatoms. The predicted molar refractivity (Wildman–Crippen MR) is 142 cm³/mol. The minimum atomic E-state index is -0.389. The van der Waals surface area contributed by atoms with Crippen LogP contribution < -0.4 is 11.3 Å². The minimum absolute atomic E-state index is 0.154. The van der Waals surface area contributed by atoms with Crippen LogP contribution in [0.25, 0.3) is 22.7 Å². The van der Waals surface area contributed by atoms with Crippen molar-refractivity contribution in [2.24, 2.45) is 0 Å². The first-order chi connectivity index (χ1) is 17.0. The molecule has 0 spiro atoms. The molecule has 0 aliphatic carbocycles. The van der Waals surface area contributed by atoms with Crippen LogP contribution in [0.1, 0.15) is 39.1 Å². The summed E-state index contributed by atoms with van der Waals surface area (Å²) in [6, 6.07) is 10.7. The fourth-order valence-electron chi connectivity index (χ4n) is 2.77. The Bertz CT molecular complexity index is 1370. The molecule has 3 aromatic heterocycles. The number of nitrogens with two attached hydrogens (primary N) is 1. The van der Waals surface area contributed by atoms with Gasteiger partial charge in [-0.05, 0) is 51.0 Å². The van der Waals surface area contributed by atoms with Gasteiger partial charge in [0, 0.05) is 6.07 Å². The standard InChI is InChI=1S/C17H15N7O.C4H7F.C3H5F.C2H6/c1-10-5-3-4-6-13(10)24-15(25)8-7-14(22-24)23-11(2)20-12-9-19-17(18)21-16(12)23;1-4(2)3-5;1-3(2)4;1-2/h3-9H,1-2H3,(H2,18,19,21);1,3H2,2H3;1H2,2H3;1-2H3. The molecule has 0 bridgehead atoms. The van der Waals surface area contributed by atoms with Crippen LogP contribution in [0.3, 0.4) is 0 Å². The fourth-order valence-corrected chi connectivity index (χ4v) is 2.77. The van der Waals surface area contributed by atoms with Crippen molar-refractivity contribution in [3.8, 4) is 11.5 Å². The Balaban J connectivity index is 0.000000504. The number of imidazole rings is 1. The number of allylic oxidation sites excluding steroid dienone is 2. The van der Waals surface area contributed by atoms with E-state index in [1.165, 1.54) is 17.7 Å². The summed E-state index contributed by atoms with van der Waals surface area (Å²) >= 11 is 0. The molecule has 0 fully saturated rings. The van der Waals surface area contributed by atoms with Crippen LogP contribution in [0.4, 0.5) is 14.7 Å². The first-order valence-corrected chi connectivity index (χ1v) is 11.2. The van der Waals surface area contributed by atoms with Crippen LogP contribution in [0.15, 0.2) is 71.9 Å². The average Bonchev–Trinajstić information content (AvgIpc) is 3.16. The van der Waals surface area contributed by atoms with Gasteiger partial charge in [0.25, 0.3) is 5.56 Å². The number of hydrogen-bond donors (Lipinski definition) is 1. The van der Waals surface area contributed by atoms with Gasteiger partial charge in [-0.25, -0.2) is 18.7 Å². The molecule has 36 heavy (non-hydrogen) atoms. The van der Waals surface area contributed by atoms with Crippen LogP contribution in [0, 0.1) is 13.8 Å². The third-order valence-corrected chi connectivity index (χ3v) is 4.17. The monoisotopic (exact) mass is 497 g/mol. The van der Waals surface area contributed by atoms with Gasteiger partial charge in [-0.15, -0.1) is 5.10 Å². The molecular formula is C26H33F2N7O. The van der Waals surface area contributed by atoms with E-state index < -0.39 is 0 Å². The molecule has 192 valence electrons. The summed E-state index contributed by atoms with van der Waals surface area (Å²) in [4.78, 5) is 25.0. The number of fused-ring (bicyclic) bond motifs is 1. The van der Waals surface area contributed by atoms with Crippen LogP contribution in [-0.2, 0) is 0 Å². The number of aryl methyl sites for hydroxylation is 2. The maximum absolute atomic E-state index is 12.3. The van der Waals surface area contributed by atoms with Crippen LogP contribution in [-0.4, -0.2) is 36.0 Å². The zero-order chi connectivity index (χ0) is 27.4. The highest BCUT2D eigenvalue weighted by Gasteiger charge is 2.14. The van der Waals surface area contributed by atoms with Gasteiger partial charge < -0.3 is 5.73 Å². The summed E-state index contributed by atoms with van der Waals surface area (Å²) in [5, 5.41) is 4.51. The van der Waals surface area contributed by atoms with Gasteiger partial charge in [-0.2, -0.15) is 9.67 Å². The molecule has 0 aliphatic rings. The van der Waals surface area contributed by atoms with Crippen molar-refractivity contribution in [2.45, 2.75) is 41.5 Å². The molecule has 0 aliphatic heterocycles. The highest BCUT2D eigenvalue weighted by molar-refractivity contribution is 5.73. The molecule has 0 saturated carbocycles. The highest BCUT2D eigenvalue weighted by Crippen LogP contribution is 2.18. The number of halogens is 2. The Morgan fingerprint density at radius 2 is 1.64 bits per heavy atom. The molecule has 0 saturated heterocycles. The molecule has 0 atom stereocenters. The Hall–Kier alpha value is -4.21. The van der Waals surface area contributed by atoms with Gasteiger partial charge in [0.05, 0.1) is 17.7 Å². The number of benzene rings is 1. The molecule has 4 rings (SSSR count). The predicted octanol–water partition coefficient (Wildman–Crippen LogP) is 5.61. The Morgan fingerprint density at radius 3 is 2.19 bits per heavy atom. The van der Waals surface area contributed by atoms with E-state index in [1.807, 2.05) is 52.0 Å². The third-order valence-electron chi connectivity index (χ3n) is 4.17. The third kappa shape index (κ3) is 8.23. The lowest BCUT2D eigenvalue weighted by molar-refractivity contribution is 0.544. The van der Waals surface area contributed by atoms with E-state index in [1.54, 1.807) is 23.8 Å². The maximum Gasteiger partial charge on any atom is 0.271 e. The second kappa shape index (κ2) is 14.2. The first-order valence-electron chi connectivity index (χ1n) is 11.2. The minimum Gasteiger partial charge on any atom is -0.368 e. The zero-order valence-corrected chi connectivity index (χ0v) is 21.6. The van der Waals surface area contributed by atoms with Crippen molar-refractivity contribution < 1.29 is 8.78 Å². The number of aromatic nitrogens is 6. The van der Waals surface area contributed by atoms with Crippen molar-refractivity contribution in [1.82, 2.24) is 29.3 Å². The molecule has 2 N–H and O–H groups in total. The quantitative estimate of drug-likeness (QED) is 0.369. The smallest absolute Gasteiger partial charge is 0.271 e. The van der Waals surface area contributed by atoms with Crippen molar-refractivity contribution >= 4 is 17.1 Å². The molecule has 0 amide bonds. The van der Waals surface area contributed by atoms with Crippen molar-refractivity contribution in [3.05, 3.63) is 88.9 Å². The molecule has 0 radical (unpaired) electrons. The van der Waals surface area contributed by atoms with Crippen LogP contribution >= 0.6 is 0 Å².